The number of aryl methyl sites for hydroxylation is 2. The van der Waals surface area contributed by atoms with Gasteiger partial charge in [0.05, 0.1) is 20.2 Å². The second-order valence-electron chi connectivity index (χ2n) is 5.82. The van der Waals surface area contributed by atoms with Crippen molar-refractivity contribution in [2.75, 3.05) is 20.2 Å². The lowest BCUT2D eigenvalue weighted by Crippen LogP contribution is -3.07. The third-order valence-corrected chi connectivity index (χ3v) is 3.84. The van der Waals surface area contributed by atoms with Crippen molar-refractivity contribution in [3.63, 3.8) is 0 Å². The van der Waals surface area contributed by atoms with Crippen LogP contribution < -0.4 is 9.64 Å². The van der Waals surface area contributed by atoms with Gasteiger partial charge in [-0.1, -0.05) is 36.4 Å². The number of ether oxygens (including phenoxy) is 1. The van der Waals surface area contributed by atoms with Crippen LogP contribution >= 0.6 is 0 Å². The van der Waals surface area contributed by atoms with Gasteiger partial charge in [-0.15, -0.1) is 0 Å². The van der Waals surface area contributed by atoms with Crippen molar-refractivity contribution in [2.45, 2.75) is 26.8 Å². The predicted octanol–water partition coefficient (Wildman–Crippen LogP) is 2.79. The maximum atomic E-state index is 5.83. The highest BCUT2D eigenvalue weighted by molar-refractivity contribution is 5.33. The molecule has 1 N–H and O–H groups in total. The van der Waals surface area contributed by atoms with Crippen LogP contribution in [0.4, 0.5) is 0 Å². The molecule has 2 aromatic carbocycles. The van der Waals surface area contributed by atoms with Crippen LogP contribution in [0, 0.1) is 13.8 Å². The maximum absolute atomic E-state index is 5.83. The first kappa shape index (κ1) is 15.6. The molecule has 0 aromatic heterocycles. The molecule has 2 aromatic rings. The summed E-state index contributed by atoms with van der Waals surface area (Å²) in [6.07, 6.45) is 1.07. The van der Waals surface area contributed by atoms with Crippen LogP contribution in [-0.4, -0.2) is 20.2 Å². The quantitative estimate of drug-likeness (QED) is 0.772. The predicted molar refractivity (Wildman–Crippen MR) is 87.9 cm³/mol. The fourth-order valence-corrected chi connectivity index (χ4v) is 2.40. The van der Waals surface area contributed by atoms with E-state index in [4.69, 9.17) is 4.74 Å². The van der Waals surface area contributed by atoms with Crippen molar-refractivity contribution < 1.29 is 9.64 Å². The van der Waals surface area contributed by atoms with Gasteiger partial charge in [-0.05, 0) is 37.1 Å². The molecule has 2 rings (SSSR count). The molecule has 112 valence electrons. The Morgan fingerprint density at radius 2 is 1.71 bits per heavy atom. The van der Waals surface area contributed by atoms with Gasteiger partial charge in [0, 0.05) is 12.0 Å². The Morgan fingerprint density at radius 3 is 2.43 bits per heavy atom. The fraction of sp³-hybridized carbons (Fsp3) is 0.368. The Labute approximate surface area is 128 Å². The van der Waals surface area contributed by atoms with E-state index in [-0.39, 0.29) is 0 Å². The van der Waals surface area contributed by atoms with Crippen LogP contribution in [-0.2, 0) is 6.54 Å². The number of quaternary nitrogens is 1. The van der Waals surface area contributed by atoms with Gasteiger partial charge in [0.15, 0.2) is 0 Å². The molecular weight excluding hydrogens is 258 g/mol. The normalized spacial score (nSPS) is 12.1. The van der Waals surface area contributed by atoms with Gasteiger partial charge in [0.2, 0.25) is 0 Å². The van der Waals surface area contributed by atoms with E-state index in [0.29, 0.717) is 0 Å². The number of hydrogen-bond acceptors (Lipinski definition) is 1. The monoisotopic (exact) mass is 284 g/mol. The van der Waals surface area contributed by atoms with E-state index in [1.165, 1.54) is 21.6 Å². The van der Waals surface area contributed by atoms with E-state index in [2.05, 4.69) is 69.4 Å². The Morgan fingerprint density at radius 1 is 0.952 bits per heavy atom. The SMILES string of the molecule is Cc1ccc(OCCC[NH+](C)Cc2ccccc2)cc1C. The van der Waals surface area contributed by atoms with Crippen LogP contribution in [0.1, 0.15) is 23.1 Å². The van der Waals surface area contributed by atoms with Crippen molar-refractivity contribution in [1.82, 2.24) is 0 Å². The Balaban J connectivity index is 1.68. The molecule has 21 heavy (non-hydrogen) atoms. The number of hydrogen-bond donors (Lipinski definition) is 1. The lowest BCUT2D eigenvalue weighted by atomic mass is 10.1. The number of rotatable bonds is 7. The summed E-state index contributed by atoms with van der Waals surface area (Å²) in [5.41, 5.74) is 4.00. The Bertz CT molecular complexity index is 551. The first-order chi connectivity index (χ1) is 10.1. The smallest absolute Gasteiger partial charge is 0.119 e. The average molecular weight is 284 g/mol. The molecular formula is C19H26NO+. The molecule has 0 spiro atoms. The van der Waals surface area contributed by atoms with Gasteiger partial charge in [0.1, 0.15) is 12.3 Å². The van der Waals surface area contributed by atoms with E-state index < -0.39 is 0 Å². The minimum Gasteiger partial charge on any atom is -0.493 e. The topological polar surface area (TPSA) is 13.7 Å². The summed E-state index contributed by atoms with van der Waals surface area (Å²) in [5, 5.41) is 0. The van der Waals surface area contributed by atoms with Crippen LogP contribution in [0.25, 0.3) is 0 Å². The largest absolute Gasteiger partial charge is 0.493 e. The highest BCUT2D eigenvalue weighted by Crippen LogP contribution is 2.16. The van der Waals surface area contributed by atoms with E-state index >= 15 is 0 Å². The third-order valence-electron chi connectivity index (χ3n) is 3.84. The second kappa shape index (κ2) is 7.84. The summed E-state index contributed by atoms with van der Waals surface area (Å²) in [4.78, 5) is 1.52. The lowest BCUT2D eigenvalue weighted by Gasteiger charge is -2.14. The molecule has 0 aliphatic rings. The van der Waals surface area contributed by atoms with Crippen molar-refractivity contribution >= 4 is 0 Å². The molecule has 0 aliphatic heterocycles. The van der Waals surface area contributed by atoms with Crippen LogP contribution in [0.2, 0.25) is 0 Å². The molecule has 0 fully saturated rings. The van der Waals surface area contributed by atoms with Gasteiger partial charge in [-0.3, -0.25) is 0 Å². The highest BCUT2D eigenvalue weighted by Gasteiger charge is 2.04. The zero-order valence-corrected chi connectivity index (χ0v) is 13.4. The molecule has 0 saturated heterocycles. The van der Waals surface area contributed by atoms with E-state index in [9.17, 15) is 0 Å². The molecule has 0 amide bonds. The van der Waals surface area contributed by atoms with Gasteiger partial charge in [0.25, 0.3) is 0 Å². The first-order valence-corrected chi connectivity index (χ1v) is 7.70. The highest BCUT2D eigenvalue weighted by atomic mass is 16.5. The van der Waals surface area contributed by atoms with Crippen molar-refractivity contribution in [2.24, 2.45) is 0 Å². The zero-order valence-electron chi connectivity index (χ0n) is 13.4. The molecule has 1 unspecified atom stereocenters. The van der Waals surface area contributed by atoms with Crippen molar-refractivity contribution in [3.8, 4) is 5.75 Å². The molecule has 0 bridgehead atoms. The Hall–Kier alpha value is -1.80. The summed E-state index contributed by atoms with van der Waals surface area (Å²) in [7, 11) is 2.24. The summed E-state index contributed by atoms with van der Waals surface area (Å²) < 4.78 is 5.83. The van der Waals surface area contributed by atoms with Gasteiger partial charge >= 0.3 is 0 Å². The van der Waals surface area contributed by atoms with Gasteiger partial charge in [-0.25, -0.2) is 0 Å². The van der Waals surface area contributed by atoms with Crippen LogP contribution in [0.3, 0.4) is 0 Å². The fourth-order valence-electron chi connectivity index (χ4n) is 2.40. The van der Waals surface area contributed by atoms with E-state index in [1.54, 1.807) is 0 Å². The maximum Gasteiger partial charge on any atom is 0.119 e. The molecule has 0 heterocycles. The van der Waals surface area contributed by atoms with Crippen molar-refractivity contribution in [3.05, 3.63) is 65.2 Å². The number of nitrogens with one attached hydrogen (secondary N) is 1. The molecule has 2 nitrogen and oxygen atoms in total. The number of benzene rings is 2. The summed E-state index contributed by atoms with van der Waals surface area (Å²) >= 11 is 0. The third kappa shape index (κ3) is 5.24. The summed E-state index contributed by atoms with van der Waals surface area (Å²) in [6, 6.07) is 17.0. The summed E-state index contributed by atoms with van der Waals surface area (Å²) in [5.74, 6) is 0.985. The van der Waals surface area contributed by atoms with Crippen LogP contribution in [0.5, 0.6) is 5.75 Å². The molecule has 0 radical (unpaired) electrons. The molecule has 0 saturated carbocycles. The first-order valence-electron chi connectivity index (χ1n) is 7.70. The summed E-state index contributed by atoms with van der Waals surface area (Å²) in [6.45, 7) is 7.24. The minimum absolute atomic E-state index is 0.786. The standard InChI is InChI=1S/C19H25NO/c1-16-10-11-19(14-17(16)2)21-13-7-12-20(3)15-18-8-5-4-6-9-18/h4-6,8-11,14H,7,12-13,15H2,1-3H3/p+1. The minimum atomic E-state index is 0.786. The Kier molecular flexibility index (Phi) is 5.82. The van der Waals surface area contributed by atoms with Crippen LogP contribution in [0.15, 0.2) is 48.5 Å². The lowest BCUT2D eigenvalue weighted by molar-refractivity contribution is -0.894. The molecule has 2 heteroatoms. The molecule has 1 atom stereocenters. The van der Waals surface area contributed by atoms with Crippen molar-refractivity contribution in [1.29, 1.82) is 0 Å². The molecule has 0 aliphatic carbocycles. The zero-order chi connectivity index (χ0) is 15.1. The van der Waals surface area contributed by atoms with Gasteiger partial charge in [-0.2, -0.15) is 0 Å². The second-order valence-corrected chi connectivity index (χ2v) is 5.82. The van der Waals surface area contributed by atoms with E-state index in [0.717, 1.165) is 31.9 Å². The van der Waals surface area contributed by atoms with E-state index in [1.807, 2.05) is 0 Å². The average Bonchev–Trinajstić information content (AvgIpc) is 2.48. The van der Waals surface area contributed by atoms with Gasteiger partial charge < -0.3 is 9.64 Å².